The fraction of sp³-hybridized carbons (Fsp3) is 0.444. The summed E-state index contributed by atoms with van der Waals surface area (Å²) in [5.74, 6) is 0. The molecule has 1 aromatic heterocycles. The molecule has 1 atom stereocenters. The number of rotatable bonds is 5. The van der Waals surface area contributed by atoms with Gasteiger partial charge in [0.05, 0.1) is 29.1 Å². The Labute approximate surface area is 167 Å². The van der Waals surface area contributed by atoms with Crippen molar-refractivity contribution < 1.29 is 18.1 Å². The van der Waals surface area contributed by atoms with Gasteiger partial charge >= 0.3 is 0 Å². The van der Waals surface area contributed by atoms with E-state index in [2.05, 4.69) is 0 Å². The molecule has 150 valence electrons. The molecule has 0 N–H and O–H groups in total. The monoisotopic (exact) mass is 423 g/mol. The minimum atomic E-state index is -3.78. The lowest BCUT2D eigenvalue weighted by Gasteiger charge is -2.27. The van der Waals surface area contributed by atoms with Gasteiger partial charge in [0.2, 0.25) is 10.0 Å². The fourth-order valence-corrected chi connectivity index (χ4v) is 6.12. The van der Waals surface area contributed by atoms with Crippen LogP contribution in [0.5, 0.6) is 0 Å². The second-order valence-electron chi connectivity index (χ2n) is 6.79. The molecule has 2 fully saturated rings. The Kier molecular flexibility index (Phi) is 5.37. The van der Waals surface area contributed by atoms with E-state index in [4.69, 9.17) is 4.74 Å². The number of nitro benzene ring substituents is 1. The highest BCUT2D eigenvalue weighted by molar-refractivity contribution is 7.89. The molecule has 2 aliphatic heterocycles. The van der Waals surface area contributed by atoms with Crippen LogP contribution in [0.15, 0.2) is 40.6 Å². The highest BCUT2D eigenvalue weighted by Crippen LogP contribution is 2.42. The van der Waals surface area contributed by atoms with Crippen molar-refractivity contribution in [3.8, 4) is 0 Å². The summed E-state index contributed by atoms with van der Waals surface area (Å²) < 4.78 is 32.3. The lowest BCUT2D eigenvalue weighted by atomic mass is 10.1. The number of ether oxygens (including phenoxy) is 1. The first-order valence-electron chi connectivity index (χ1n) is 9.15. The van der Waals surface area contributed by atoms with Crippen molar-refractivity contribution in [1.29, 1.82) is 0 Å². The number of hydrogen-bond acceptors (Lipinski definition) is 7. The summed E-state index contributed by atoms with van der Waals surface area (Å²) in [6.45, 7) is 1.87. The molecule has 2 saturated heterocycles. The number of nitrogens with zero attached hydrogens (tertiary/aromatic N) is 3. The van der Waals surface area contributed by atoms with Crippen LogP contribution in [0.25, 0.3) is 0 Å². The third-order valence-corrected chi connectivity index (χ3v) is 8.05. The maximum Gasteiger partial charge on any atom is 0.293 e. The van der Waals surface area contributed by atoms with Gasteiger partial charge in [0.25, 0.3) is 5.69 Å². The van der Waals surface area contributed by atoms with Crippen molar-refractivity contribution in [1.82, 2.24) is 4.31 Å². The van der Waals surface area contributed by atoms with Gasteiger partial charge in [-0.3, -0.25) is 10.1 Å². The molecule has 0 bridgehead atoms. The van der Waals surface area contributed by atoms with Crippen molar-refractivity contribution >= 4 is 32.7 Å². The molecular weight excluding hydrogens is 402 g/mol. The van der Waals surface area contributed by atoms with Crippen LogP contribution in [-0.4, -0.2) is 50.5 Å². The minimum absolute atomic E-state index is 0.0447. The van der Waals surface area contributed by atoms with Gasteiger partial charge in [-0.05, 0) is 36.4 Å². The Balaban J connectivity index is 1.71. The van der Waals surface area contributed by atoms with Crippen molar-refractivity contribution in [2.24, 2.45) is 0 Å². The predicted molar refractivity (Wildman–Crippen MR) is 106 cm³/mol. The zero-order valence-electron chi connectivity index (χ0n) is 15.2. The summed E-state index contributed by atoms with van der Waals surface area (Å²) in [4.78, 5) is 14.4. The van der Waals surface area contributed by atoms with Crippen LogP contribution < -0.4 is 4.90 Å². The Morgan fingerprint density at radius 3 is 2.64 bits per heavy atom. The molecule has 0 saturated carbocycles. The molecule has 1 unspecified atom stereocenters. The smallest absolute Gasteiger partial charge is 0.293 e. The lowest BCUT2D eigenvalue weighted by Crippen LogP contribution is -2.40. The van der Waals surface area contributed by atoms with Crippen LogP contribution in [-0.2, 0) is 14.8 Å². The van der Waals surface area contributed by atoms with Crippen LogP contribution in [0, 0.1) is 10.1 Å². The molecular formula is C18H21N3O5S2. The first-order valence-corrected chi connectivity index (χ1v) is 11.5. The van der Waals surface area contributed by atoms with E-state index in [1.807, 2.05) is 22.4 Å². The number of thiophene rings is 1. The third-order valence-electron chi connectivity index (χ3n) is 5.19. The van der Waals surface area contributed by atoms with E-state index in [-0.39, 0.29) is 29.7 Å². The van der Waals surface area contributed by atoms with Crippen molar-refractivity contribution in [2.45, 2.75) is 23.8 Å². The van der Waals surface area contributed by atoms with Gasteiger partial charge in [0, 0.05) is 30.6 Å². The maximum atomic E-state index is 12.9. The summed E-state index contributed by atoms with van der Waals surface area (Å²) in [7, 11) is -3.78. The van der Waals surface area contributed by atoms with Crippen molar-refractivity contribution in [2.75, 3.05) is 37.7 Å². The number of benzene rings is 1. The molecule has 28 heavy (non-hydrogen) atoms. The predicted octanol–water partition coefficient (Wildman–Crippen LogP) is 3.02. The van der Waals surface area contributed by atoms with Gasteiger partial charge in [-0.15, -0.1) is 11.3 Å². The fourth-order valence-electron chi connectivity index (χ4n) is 3.82. The average Bonchev–Trinajstić information content (AvgIpc) is 3.39. The van der Waals surface area contributed by atoms with E-state index >= 15 is 0 Å². The number of anilines is 1. The van der Waals surface area contributed by atoms with Crippen molar-refractivity contribution in [3.05, 3.63) is 50.7 Å². The van der Waals surface area contributed by atoms with Gasteiger partial charge in [-0.25, -0.2) is 8.42 Å². The van der Waals surface area contributed by atoms with Gasteiger partial charge in [-0.1, -0.05) is 6.07 Å². The van der Waals surface area contributed by atoms with E-state index in [9.17, 15) is 18.5 Å². The average molecular weight is 424 g/mol. The van der Waals surface area contributed by atoms with E-state index in [0.29, 0.717) is 25.4 Å². The van der Waals surface area contributed by atoms with Gasteiger partial charge in [0.1, 0.15) is 5.69 Å². The zero-order chi connectivity index (χ0) is 19.7. The normalized spacial score (nSPS) is 21.1. The minimum Gasteiger partial charge on any atom is -0.379 e. The molecule has 3 heterocycles. The van der Waals surface area contributed by atoms with Crippen LogP contribution in [0.3, 0.4) is 0 Å². The van der Waals surface area contributed by atoms with E-state index < -0.39 is 14.9 Å². The van der Waals surface area contributed by atoms with Crippen LogP contribution in [0.1, 0.15) is 23.8 Å². The largest absolute Gasteiger partial charge is 0.379 e. The molecule has 2 aliphatic rings. The quantitative estimate of drug-likeness (QED) is 0.542. The molecule has 0 amide bonds. The molecule has 8 nitrogen and oxygen atoms in total. The zero-order valence-corrected chi connectivity index (χ0v) is 16.8. The van der Waals surface area contributed by atoms with Gasteiger partial charge < -0.3 is 9.64 Å². The molecule has 0 radical (unpaired) electrons. The van der Waals surface area contributed by atoms with E-state index in [0.717, 1.165) is 17.7 Å². The summed E-state index contributed by atoms with van der Waals surface area (Å²) in [5, 5.41) is 13.8. The van der Waals surface area contributed by atoms with Gasteiger partial charge in [-0.2, -0.15) is 4.31 Å². The number of nitro groups is 1. The van der Waals surface area contributed by atoms with E-state index in [1.54, 1.807) is 17.4 Å². The van der Waals surface area contributed by atoms with Crippen LogP contribution in [0.2, 0.25) is 0 Å². The molecule has 0 aliphatic carbocycles. The molecule has 4 rings (SSSR count). The van der Waals surface area contributed by atoms with Crippen molar-refractivity contribution in [3.63, 3.8) is 0 Å². The Hall–Kier alpha value is -2.01. The van der Waals surface area contributed by atoms with Crippen LogP contribution in [0.4, 0.5) is 11.4 Å². The molecule has 10 heteroatoms. The highest BCUT2D eigenvalue weighted by Gasteiger charge is 2.34. The summed E-state index contributed by atoms with van der Waals surface area (Å²) >= 11 is 1.63. The molecule has 1 aromatic carbocycles. The van der Waals surface area contributed by atoms with Gasteiger partial charge in [0.15, 0.2) is 0 Å². The first kappa shape index (κ1) is 19.3. The SMILES string of the molecule is O=[N+]([O-])c1cc(S(=O)(=O)N2CCOCC2)ccc1N1CCCC1c1cccs1. The summed E-state index contributed by atoms with van der Waals surface area (Å²) in [6.07, 6.45) is 1.86. The maximum absolute atomic E-state index is 12.9. The standard InChI is InChI=1S/C18H21N3O5S2/c22-21(23)17-13-14(28(24,25)19-8-10-26-11-9-19)5-6-15(17)20-7-1-3-16(20)18-4-2-12-27-18/h2,4-6,12-13,16H,1,3,7-11H2. The Bertz CT molecular complexity index is 956. The lowest BCUT2D eigenvalue weighted by molar-refractivity contribution is -0.384. The summed E-state index contributed by atoms with van der Waals surface area (Å²) in [5.41, 5.74) is 0.305. The number of morpholine rings is 1. The number of hydrogen-bond donors (Lipinski definition) is 0. The Morgan fingerprint density at radius 1 is 1.18 bits per heavy atom. The second kappa shape index (κ2) is 7.78. The second-order valence-corrected chi connectivity index (χ2v) is 9.71. The topological polar surface area (TPSA) is 93.0 Å². The highest BCUT2D eigenvalue weighted by atomic mass is 32.2. The third kappa shape index (κ3) is 3.52. The van der Waals surface area contributed by atoms with E-state index in [1.165, 1.54) is 16.4 Å². The molecule has 2 aromatic rings. The first-order chi connectivity index (χ1) is 13.5. The Morgan fingerprint density at radius 2 is 1.96 bits per heavy atom. The molecule has 0 spiro atoms. The number of sulfonamides is 1. The summed E-state index contributed by atoms with van der Waals surface area (Å²) in [6, 6.07) is 8.36. The van der Waals surface area contributed by atoms with Crippen LogP contribution >= 0.6 is 11.3 Å².